The molecule has 1 aromatic carbocycles. The summed E-state index contributed by atoms with van der Waals surface area (Å²) in [6, 6.07) is 4.84. The van der Waals surface area contributed by atoms with Crippen LogP contribution in [0.15, 0.2) is 22.7 Å². The van der Waals surface area contributed by atoms with Crippen LogP contribution in [-0.2, 0) is 6.42 Å². The smallest absolute Gasteiger partial charge is 0.137 e. The van der Waals surface area contributed by atoms with Gasteiger partial charge in [-0.15, -0.1) is 0 Å². The second-order valence-corrected chi connectivity index (χ2v) is 4.95. The van der Waals surface area contributed by atoms with Crippen molar-refractivity contribution in [1.82, 2.24) is 0 Å². The van der Waals surface area contributed by atoms with Gasteiger partial charge < -0.3 is 10.8 Å². The molecule has 1 unspecified atom stereocenters. The van der Waals surface area contributed by atoms with Gasteiger partial charge in [-0.2, -0.15) is 0 Å². The molecule has 1 rings (SSSR count). The van der Waals surface area contributed by atoms with Gasteiger partial charge in [0.15, 0.2) is 0 Å². The molecule has 0 heterocycles. The van der Waals surface area contributed by atoms with Gasteiger partial charge in [0.25, 0.3) is 0 Å². The van der Waals surface area contributed by atoms with E-state index in [0.29, 0.717) is 17.4 Å². The van der Waals surface area contributed by atoms with Crippen LogP contribution in [0.2, 0.25) is 0 Å². The molecule has 0 bridgehead atoms. The maximum Gasteiger partial charge on any atom is 0.137 e. The molecule has 0 radical (unpaired) electrons. The van der Waals surface area contributed by atoms with E-state index in [2.05, 4.69) is 15.9 Å². The average Bonchev–Trinajstić information content (AvgIpc) is 2.23. The zero-order chi connectivity index (χ0) is 11.5. The van der Waals surface area contributed by atoms with Gasteiger partial charge in [0.1, 0.15) is 5.82 Å². The van der Waals surface area contributed by atoms with Gasteiger partial charge in [-0.1, -0.05) is 13.0 Å². The highest BCUT2D eigenvalue weighted by Crippen LogP contribution is 2.24. The Kier molecular flexibility index (Phi) is 4.25. The second kappa shape index (κ2) is 5.05. The normalized spacial score (nSPS) is 15.0. The Morgan fingerprint density at radius 3 is 2.67 bits per heavy atom. The second-order valence-electron chi connectivity index (χ2n) is 4.10. The lowest BCUT2D eigenvalue weighted by atomic mass is 9.84. The molecule has 0 spiro atoms. The highest BCUT2D eigenvalue weighted by molar-refractivity contribution is 9.10. The van der Waals surface area contributed by atoms with E-state index >= 15 is 0 Å². The third-order valence-corrected chi connectivity index (χ3v) is 3.10. The summed E-state index contributed by atoms with van der Waals surface area (Å²) in [4.78, 5) is 0. The number of halogens is 2. The standard InChI is InChI=1S/C11H15BrFNO/c1-11(6-14,7-15)5-8-2-3-10(13)9(12)4-8/h2-4,15H,5-7,14H2,1H3. The summed E-state index contributed by atoms with van der Waals surface area (Å²) in [6.07, 6.45) is 0.638. The van der Waals surface area contributed by atoms with Gasteiger partial charge in [-0.3, -0.25) is 0 Å². The van der Waals surface area contributed by atoms with E-state index in [-0.39, 0.29) is 17.8 Å². The van der Waals surface area contributed by atoms with E-state index in [4.69, 9.17) is 5.73 Å². The number of aliphatic hydroxyl groups excluding tert-OH is 1. The summed E-state index contributed by atoms with van der Waals surface area (Å²) in [6.45, 7) is 2.33. The predicted molar refractivity (Wildman–Crippen MR) is 62.1 cm³/mol. The molecule has 84 valence electrons. The molecule has 1 aromatic rings. The maximum atomic E-state index is 13.0. The minimum Gasteiger partial charge on any atom is -0.396 e. The third-order valence-electron chi connectivity index (χ3n) is 2.49. The summed E-state index contributed by atoms with van der Waals surface area (Å²) >= 11 is 3.13. The lowest BCUT2D eigenvalue weighted by Gasteiger charge is -2.25. The summed E-state index contributed by atoms with van der Waals surface area (Å²) in [5.41, 5.74) is 6.21. The number of benzene rings is 1. The lowest BCUT2D eigenvalue weighted by Crippen LogP contribution is -2.33. The first-order valence-corrected chi connectivity index (χ1v) is 5.55. The molecule has 0 saturated heterocycles. The summed E-state index contributed by atoms with van der Waals surface area (Å²) < 4.78 is 13.4. The van der Waals surface area contributed by atoms with Gasteiger partial charge in [-0.25, -0.2) is 4.39 Å². The molecule has 2 nitrogen and oxygen atoms in total. The summed E-state index contributed by atoms with van der Waals surface area (Å²) in [5.74, 6) is -0.280. The molecule has 0 aliphatic rings. The van der Waals surface area contributed by atoms with Crippen molar-refractivity contribution in [2.45, 2.75) is 13.3 Å². The maximum absolute atomic E-state index is 13.0. The Balaban J connectivity index is 2.85. The number of hydrogen-bond donors (Lipinski definition) is 2. The van der Waals surface area contributed by atoms with Crippen LogP contribution in [0, 0.1) is 11.2 Å². The molecule has 0 aromatic heterocycles. The predicted octanol–water partition coefficient (Wildman–Crippen LogP) is 2.09. The highest BCUT2D eigenvalue weighted by atomic mass is 79.9. The minimum atomic E-state index is -0.336. The Bertz CT molecular complexity index is 339. The largest absolute Gasteiger partial charge is 0.396 e. The molecule has 0 saturated carbocycles. The van der Waals surface area contributed by atoms with Crippen LogP contribution >= 0.6 is 15.9 Å². The number of rotatable bonds is 4. The third kappa shape index (κ3) is 3.26. The van der Waals surface area contributed by atoms with Crippen molar-refractivity contribution in [3.05, 3.63) is 34.1 Å². The van der Waals surface area contributed by atoms with Crippen molar-refractivity contribution in [3.63, 3.8) is 0 Å². The Hall–Kier alpha value is -0.450. The number of aliphatic hydroxyl groups is 1. The van der Waals surface area contributed by atoms with Gasteiger partial charge in [0.05, 0.1) is 4.47 Å². The van der Waals surface area contributed by atoms with Crippen molar-refractivity contribution in [2.75, 3.05) is 13.2 Å². The van der Waals surface area contributed by atoms with E-state index in [9.17, 15) is 9.50 Å². The van der Waals surface area contributed by atoms with Crippen molar-refractivity contribution in [2.24, 2.45) is 11.1 Å². The van der Waals surface area contributed by atoms with E-state index in [1.165, 1.54) is 6.07 Å². The first kappa shape index (κ1) is 12.6. The molecule has 15 heavy (non-hydrogen) atoms. The fourth-order valence-electron chi connectivity index (χ4n) is 1.34. The van der Waals surface area contributed by atoms with E-state index < -0.39 is 0 Å². The van der Waals surface area contributed by atoms with Gasteiger partial charge in [-0.05, 0) is 40.0 Å². The summed E-state index contributed by atoms with van der Waals surface area (Å²) in [5, 5.41) is 9.20. The van der Waals surface area contributed by atoms with Crippen LogP contribution in [0.25, 0.3) is 0 Å². The zero-order valence-electron chi connectivity index (χ0n) is 8.63. The molecular weight excluding hydrogens is 261 g/mol. The van der Waals surface area contributed by atoms with Crippen molar-refractivity contribution < 1.29 is 9.50 Å². The van der Waals surface area contributed by atoms with Crippen LogP contribution in [-0.4, -0.2) is 18.3 Å². The minimum absolute atomic E-state index is 0.0263. The van der Waals surface area contributed by atoms with E-state index in [0.717, 1.165) is 5.56 Å². The molecular formula is C11H15BrFNO. The van der Waals surface area contributed by atoms with Gasteiger partial charge in [0.2, 0.25) is 0 Å². The Morgan fingerprint density at radius 1 is 1.53 bits per heavy atom. The molecule has 1 atom stereocenters. The number of nitrogens with two attached hydrogens (primary N) is 1. The van der Waals surface area contributed by atoms with Crippen LogP contribution in [0.1, 0.15) is 12.5 Å². The van der Waals surface area contributed by atoms with Crippen molar-refractivity contribution >= 4 is 15.9 Å². The van der Waals surface area contributed by atoms with E-state index in [1.807, 2.05) is 6.92 Å². The Labute approximate surface area is 97.4 Å². The average molecular weight is 276 g/mol. The fraction of sp³-hybridized carbons (Fsp3) is 0.455. The van der Waals surface area contributed by atoms with Gasteiger partial charge >= 0.3 is 0 Å². The van der Waals surface area contributed by atoms with Crippen LogP contribution in [0.5, 0.6) is 0 Å². The van der Waals surface area contributed by atoms with Crippen molar-refractivity contribution in [1.29, 1.82) is 0 Å². The zero-order valence-corrected chi connectivity index (χ0v) is 10.2. The van der Waals surface area contributed by atoms with Crippen molar-refractivity contribution in [3.8, 4) is 0 Å². The van der Waals surface area contributed by atoms with Crippen LogP contribution in [0.3, 0.4) is 0 Å². The SMILES string of the molecule is CC(CN)(CO)Cc1ccc(F)c(Br)c1. The van der Waals surface area contributed by atoms with Crippen LogP contribution < -0.4 is 5.73 Å². The molecule has 0 amide bonds. The molecule has 0 fully saturated rings. The van der Waals surface area contributed by atoms with E-state index in [1.54, 1.807) is 12.1 Å². The van der Waals surface area contributed by atoms with Crippen LogP contribution in [0.4, 0.5) is 4.39 Å². The number of hydrogen-bond acceptors (Lipinski definition) is 2. The first-order chi connectivity index (χ1) is 7.00. The lowest BCUT2D eigenvalue weighted by molar-refractivity contribution is 0.149. The fourth-order valence-corrected chi connectivity index (χ4v) is 1.76. The quantitative estimate of drug-likeness (QED) is 0.884. The highest BCUT2D eigenvalue weighted by Gasteiger charge is 2.22. The molecule has 0 aliphatic heterocycles. The Morgan fingerprint density at radius 2 is 2.20 bits per heavy atom. The molecule has 3 N–H and O–H groups in total. The van der Waals surface area contributed by atoms with Gasteiger partial charge in [0, 0.05) is 18.6 Å². The molecule has 0 aliphatic carbocycles. The monoisotopic (exact) mass is 275 g/mol. The molecule has 4 heteroatoms. The first-order valence-electron chi connectivity index (χ1n) is 4.75. The summed E-state index contributed by atoms with van der Waals surface area (Å²) in [7, 11) is 0. The topological polar surface area (TPSA) is 46.2 Å².